The van der Waals surface area contributed by atoms with Crippen molar-refractivity contribution in [1.29, 1.82) is 0 Å². The molecular formula is C17H24N2O7. The lowest BCUT2D eigenvalue weighted by Gasteiger charge is -2.29. The molecule has 5 N–H and O–H groups in total. The number of ether oxygens (including phenoxy) is 1. The zero-order chi connectivity index (χ0) is 19.5. The van der Waals surface area contributed by atoms with Crippen molar-refractivity contribution in [2.45, 2.75) is 38.0 Å². The molecule has 0 fully saturated rings. The second kappa shape index (κ2) is 11.1. The number of rotatable bonds is 11. The van der Waals surface area contributed by atoms with Gasteiger partial charge in [-0.3, -0.25) is 4.90 Å². The van der Waals surface area contributed by atoms with Gasteiger partial charge in [0.05, 0.1) is 6.54 Å². The van der Waals surface area contributed by atoms with Crippen LogP contribution in [-0.4, -0.2) is 63.5 Å². The van der Waals surface area contributed by atoms with E-state index in [0.29, 0.717) is 24.9 Å². The topological polar surface area (TPSA) is 150 Å². The van der Waals surface area contributed by atoms with E-state index >= 15 is 0 Å². The van der Waals surface area contributed by atoms with Crippen molar-refractivity contribution < 1.29 is 34.4 Å². The van der Waals surface area contributed by atoms with Gasteiger partial charge in [0.1, 0.15) is 12.6 Å². The van der Waals surface area contributed by atoms with Crippen molar-refractivity contribution in [3.05, 3.63) is 35.9 Å². The largest absolute Gasteiger partial charge is 0.480 e. The highest BCUT2D eigenvalue weighted by Crippen LogP contribution is 2.14. The lowest BCUT2D eigenvalue weighted by Crippen LogP contribution is -2.50. The van der Waals surface area contributed by atoms with Crippen molar-refractivity contribution in [3.63, 3.8) is 0 Å². The van der Waals surface area contributed by atoms with Crippen molar-refractivity contribution >= 4 is 18.0 Å². The molecule has 9 nitrogen and oxygen atoms in total. The highest BCUT2D eigenvalue weighted by Gasteiger charge is 2.33. The second-order valence-electron chi connectivity index (χ2n) is 5.69. The fourth-order valence-corrected chi connectivity index (χ4v) is 2.29. The van der Waals surface area contributed by atoms with Gasteiger partial charge in [0, 0.05) is 0 Å². The van der Waals surface area contributed by atoms with Gasteiger partial charge in [-0.25, -0.2) is 14.4 Å². The molecule has 0 aromatic heterocycles. The molecule has 0 bridgehead atoms. The SMILES string of the molecule is NCCCC[C@@H](C(=O)O)N(CC(O)C(=O)O)C(=O)OCc1ccccc1. The number of carbonyl (C=O) groups is 3. The number of unbranched alkanes of at least 4 members (excludes halogenated alkanes) is 1. The van der Waals surface area contributed by atoms with E-state index in [1.165, 1.54) is 0 Å². The number of aliphatic hydroxyl groups excluding tert-OH is 1. The number of amides is 1. The minimum atomic E-state index is -1.92. The molecule has 1 aromatic carbocycles. The molecule has 1 aromatic rings. The number of carboxylic acid groups (broad SMARTS) is 2. The molecule has 0 saturated heterocycles. The number of benzene rings is 1. The van der Waals surface area contributed by atoms with Gasteiger partial charge in [0.2, 0.25) is 0 Å². The van der Waals surface area contributed by atoms with Gasteiger partial charge in [0.15, 0.2) is 6.10 Å². The Bertz CT molecular complexity index is 594. The first-order valence-electron chi connectivity index (χ1n) is 8.17. The van der Waals surface area contributed by atoms with E-state index < -0.39 is 36.7 Å². The van der Waals surface area contributed by atoms with Crippen LogP contribution in [0.5, 0.6) is 0 Å². The highest BCUT2D eigenvalue weighted by atomic mass is 16.6. The summed E-state index contributed by atoms with van der Waals surface area (Å²) < 4.78 is 5.10. The Hall–Kier alpha value is -2.65. The standard InChI is InChI=1S/C17H24N2O7/c18-9-5-4-8-13(15(21)22)19(10-14(20)16(23)24)17(25)26-11-12-6-2-1-3-7-12/h1-3,6-7,13-14,20H,4-5,8-11,18H2,(H,21,22)(H,23,24)/t13-,14?/m0/s1. The maximum absolute atomic E-state index is 12.4. The van der Waals surface area contributed by atoms with E-state index in [9.17, 15) is 24.6 Å². The Labute approximate surface area is 151 Å². The molecule has 0 aliphatic heterocycles. The van der Waals surface area contributed by atoms with Gasteiger partial charge in [0.25, 0.3) is 0 Å². The first kappa shape index (κ1) is 21.4. The van der Waals surface area contributed by atoms with E-state index in [2.05, 4.69) is 0 Å². The number of aliphatic hydroxyl groups is 1. The van der Waals surface area contributed by atoms with E-state index in [1.54, 1.807) is 30.3 Å². The molecule has 1 amide bonds. The molecule has 1 unspecified atom stereocenters. The second-order valence-corrected chi connectivity index (χ2v) is 5.69. The zero-order valence-corrected chi connectivity index (χ0v) is 14.3. The molecular weight excluding hydrogens is 344 g/mol. The van der Waals surface area contributed by atoms with Crippen LogP contribution in [0.15, 0.2) is 30.3 Å². The van der Waals surface area contributed by atoms with E-state index in [0.717, 1.165) is 4.90 Å². The summed E-state index contributed by atoms with van der Waals surface area (Å²) in [7, 11) is 0. The number of hydrogen-bond acceptors (Lipinski definition) is 6. The summed E-state index contributed by atoms with van der Waals surface area (Å²) >= 11 is 0. The van der Waals surface area contributed by atoms with Gasteiger partial charge in [-0.1, -0.05) is 30.3 Å². The fraction of sp³-hybridized carbons (Fsp3) is 0.471. The van der Waals surface area contributed by atoms with E-state index in [-0.39, 0.29) is 13.0 Å². The first-order chi connectivity index (χ1) is 12.4. The lowest BCUT2D eigenvalue weighted by atomic mass is 10.1. The number of nitrogens with zero attached hydrogens (tertiary/aromatic N) is 1. The third-order valence-electron chi connectivity index (χ3n) is 3.69. The molecule has 0 aliphatic rings. The fourth-order valence-electron chi connectivity index (χ4n) is 2.29. The first-order valence-corrected chi connectivity index (χ1v) is 8.17. The summed E-state index contributed by atoms with van der Waals surface area (Å²) in [4.78, 5) is 35.6. The summed E-state index contributed by atoms with van der Waals surface area (Å²) in [5.41, 5.74) is 6.08. The van der Waals surface area contributed by atoms with Gasteiger partial charge in [-0.2, -0.15) is 0 Å². The molecule has 0 aliphatic carbocycles. The third kappa shape index (κ3) is 7.08. The zero-order valence-electron chi connectivity index (χ0n) is 14.3. The Morgan fingerprint density at radius 3 is 2.27 bits per heavy atom. The van der Waals surface area contributed by atoms with Crippen LogP contribution in [-0.2, 0) is 20.9 Å². The Morgan fingerprint density at radius 1 is 1.08 bits per heavy atom. The van der Waals surface area contributed by atoms with E-state index in [1.807, 2.05) is 0 Å². The van der Waals surface area contributed by atoms with Crippen LogP contribution >= 0.6 is 0 Å². The lowest BCUT2D eigenvalue weighted by molar-refractivity contribution is -0.150. The predicted molar refractivity (Wildman–Crippen MR) is 91.3 cm³/mol. The maximum Gasteiger partial charge on any atom is 0.410 e. The number of carbonyl (C=O) groups excluding carboxylic acids is 1. The van der Waals surface area contributed by atoms with Crippen LogP contribution in [0.1, 0.15) is 24.8 Å². The van der Waals surface area contributed by atoms with Crippen LogP contribution in [0.4, 0.5) is 4.79 Å². The number of hydrogen-bond donors (Lipinski definition) is 4. The molecule has 2 atom stereocenters. The Morgan fingerprint density at radius 2 is 1.73 bits per heavy atom. The van der Waals surface area contributed by atoms with Crippen LogP contribution in [0.2, 0.25) is 0 Å². The smallest absolute Gasteiger partial charge is 0.410 e. The van der Waals surface area contributed by atoms with Crippen LogP contribution < -0.4 is 5.73 Å². The van der Waals surface area contributed by atoms with E-state index in [4.69, 9.17) is 15.6 Å². The van der Waals surface area contributed by atoms with Gasteiger partial charge in [-0.05, 0) is 31.4 Å². The number of nitrogens with two attached hydrogens (primary N) is 1. The average Bonchev–Trinajstić information content (AvgIpc) is 2.62. The van der Waals surface area contributed by atoms with Crippen molar-refractivity contribution in [3.8, 4) is 0 Å². The van der Waals surface area contributed by atoms with Crippen molar-refractivity contribution in [1.82, 2.24) is 4.90 Å². The quantitative estimate of drug-likeness (QED) is 0.416. The molecule has 26 heavy (non-hydrogen) atoms. The van der Waals surface area contributed by atoms with Gasteiger partial charge < -0.3 is 25.8 Å². The molecule has 1 rings (SSSR count). The molecule has 144 valence electrons. The monoisotopic (exact) mass is 368 g/mol. The summed E-state index contributed by atoms with van der Waals surface area (Å²) in [6, 6.07) is 7.42. The van der Waals surface area contributed by atoms with Crippen molar-refractivity contribution in [2.24, 2.45) is 5.73 Å². The van der Waals surface area contributed by atoms with Gasteiger partial charge >= 0.3 is 18.0 Å². The minimum Gasteiger partial charge on any atom is -0.480 e. The Kier molecular flexibility index (Phi) is 9.10. The highest BCUT2D eigenvalue weighted by molar-refractivity contribution is 5.81. The van der Waals surface area contributed by atoms with Crippen LogP contribution in [0.3, 0.4) is 0 Å². The maximum atomic E-state index is 12.4. The van der Waals surface area contributed by atoms with Crippen LogP contribution in [0.25, 0.3) is 0 Å². The third-order valence-corrected chi connectivity index (χ3v) is 3.69. The molecule has 0 radical (unpaired) electrons. The predicted octanol–water partition coefficient (Wildman–Crippen LogP) is 0.653. The Balaban J connectivity index is 2.87. The molecule has 9 heteroatoms. The average molecular weight is 368 g/mol. The number of aliphatic carboxylic acids is 2. The summed E-state index contributed by atoms with van der Waals surface area (Å²) in [6.45, 7) is -0.431. The molecule has 0 spiro atoms. The molecule has 0 heterocycles. The van der Waals surface area contributed by atoms with Gasteiger partial charge in [-0.15, -0.1) is 0 Å². The summed E-state index contributed by atoms with van der Waals surface area (Å²) in [6.07, 6.45) is -1.87. The summed E-state index contributed by atoms with van der Waals surface area (Å²) in [5, 5.41) is 27.9. The van der Waals surface area contributed by atoms with Crippen LogP contribution in [0, 0.1) is 0 Å². The molecule has 0 saturated carbocycles. The summed E-state index contributed by atoms with van der Waals surface area (Å²) in [5.74, 6) is -2.87. The van der Waals surface area contributed by atoms with Crippen molar-refractivity contribution in [2.75, 3.05) is 13.1 Å². The number of carboxylic acids is 2. The minimum absolute atomic E-state index is 0.0688. The normalized spacial score (nSPS) is 12.8.